The Bertz CT molecular complexity index is 992. The number of hydroxylamine groups is 1. The first-order valence-corrected chi connectivity index (χ1v) is 9.28. The summed E-state index contributed by atoms with van der Waals surface area (Å²) in [5.41, 5.74) is 4.17. The molecule has 1 heterocycles. The van der Waals surface area contributed by atoms with Crippen molar-refractivity contribution in [3.8, 4) is 5.75 Å². The number of methoxy groups -OCH3 is 1. The molecule has 2 aromatic carbocycles. The molecule has 1 amide bonds. The Kier molecular flexibility index (Phi) is 6.34. The van der Waals surface area contributed by atoms with E-state index < -0.39 is 0 Å². The third kappa shape index (κ3) is 4.71. The van der Waals surface area contributed by atoms with Gasteiger partial charge in [0, 0.05) is 11.5 Å². The molecule has 0 aliphatic rings. The number of ether oxygens (including phenoxy) is 1. The molecule has 0 atom stereocenters. The summed E-state index contributed by atoms with van der Waals surface area (Å²) in [6.45, 7) is 4.42. The summed E-state index contributed by atoms with van der Waals surface area (Å²) < 4.78 is 5.27. The van der Waals surface area contributed by atoms with Gasteiger partial charge in [0.2, 0.25) is 0 Å². The molecule has 0 aliphatic carbocycles. The average molecular weight is 400 g/mol. The Hall–Kier alpha value is -2.83. The van der Waals surface area contributed by atoms with Crippen LogP contribution in [0.5, 0.6) is 5.75 Å². The number of anilines is 2. The lowest BCUT2D eigenvalue weighted by Gasteiger charge is -2.14. The maximum absolute atomic E-state index is 12.7. The van der Waals surface area contributed by atoms with Gasteiger partial charge < -0.3 is 10.1 Å². The number of aromatic nitrogens is 1. The average Bonchev–Trinajstić information content (AvgIpc) is 2.68. The van der Waals surface area contributed by atoms with Gasteiger partial charge in [-0.05, 0) is 36.2 Å². The van der Waals surface area contributed by atoms with Gasteiger partial charge in [-0.2, -0.15) is 0 Å². The summed E-state index contributed by atoms with van der Waals surface area (Å²) in [5, 5.41) is 4.48. The largest absolute Gasteiger partial charge is 0.497 e. The number of rotatable bonds is 7. The van der Waals surface area contributed by atoms with Crippen LogP contribution in [0.2, 0.25) is 5.02 Å². The molecule has 0 bridgehead atoms. The summed E-state index contributed by atoms with van der Waals surface area (Å²) in [6.07, 6.45) is 0. The number of fused-ring (bicyclic) bond motifs is 1. The molecule has 0 spiro atoms. The van der Waals surface area contributed by atoms with Crippen LogP contribution in [0.4, 0.5) is 11.5 Å². The minimum atomic E-state index is -0.388. The fourth-order valence-corrected chi connectivity index (χ4v) is 2.74. The number of pyridine rings is 1. The van der Waals surface area contributed by atoms with E-state index in [4.69, 9.17) is 21.2 Å². The van der Waals surface area contributed by atoms with Crippen LogP contribution in [-0.2, 0) is 4.84 Å². The lowest BCUT2D eigenvalue weighted by Crippen LogP contribution is -2.26. The number of hydrogen-bond donors (Lipinski definition) is 2. The summed E-state index contributed by atoms with van der Waals surface area (Å²) in [5.74, 6) is 0.962. The number of nitrogens with zero attached hydrogens (tertiary/aromatic N) is 1. The van der Waals surface area contributed by atoms with Gasteiger partial charge in [-0.1, -0.05) is 37.6 Å². The van der Waals surface area contributed by atoms with E-state index in [0.29, 0.717) is 45.9 Å². The van der Waals surface area contributed by atoms with E-state index in [1.54, 1.807) is 19.2 Å². The second-order valence-corrected chi connectivity index (χ2v) is 7.09. The molecule has 0 saturated heterocycles. The van der Waals surface area contributed by atoms with E-state index in [9.17, 15) is 4.79 Å². The monoisotopic (exact) mass is 399 g/mol. The normalized spacial score (nSPS) is 10.9. The van der Waals surface area contributed by atoms with Gasteiger partial charge in [-0.15, -0.1) is 0 Å². The highest BCUT2D eigenvalue weighted by Crippen LogP contribution is 2.29. The lowest BCUT2D eigenvalue weighted by molar-refractivity contribution is 0.0209. The number of amides is 1. The highest BCUT2D eigenvalue weighted by molar-refractivity contribution is 6.33. The van der Waals surface area contributed by atoms with E-state index in [2.05, 4.69) is 15.8 Å². The second-order valence-electron chi connectivity index (χ2n) is 6.68. The fraction of sp³-hybridized carbons (Fsp3) is 0.238. The number of hydrogen-bond acceptors (Lipinski definition) is 5. The number of halogens is 1. The van der Waals surface area contributed by atoms with E-state index >= 15 is 0 Å². The van der Waals surface area contributed by atoms with Gasteiger partial charge in [0.1, 0.15) is 11.6 Å². The number of carbonyl (C=O) groups excluding carboxylic acids is 1. The third-order valence-corrected chi connectivity index (χ3v) is 4.31. The van der Waals surface area contributed by atoms with Gasteiger partial charge in [0.15, 0.2) is 0 Å². The number of benzene rings is 2. The maximum Gasteiger partial charge on any atom is 0.278 e. The zero-order valence-corrected chi connectivity index (χ0v) is 16.7. The molecule has 6 nitrogen and oxygen atoms in total. The third-order valence-electron chi connectivity index (χ3n) is 3.98. The molecule has 0 aliphatic heterocycles. The molecule has 3 aromatic rings. The van der Waals surface area contributed by atoms with Crippen LogP contribution in [0.15, 0.2) is 48.5 Å². The number of nitrogens with one attached hydrogen (secondary N) is 2. The van der Waals surface area contributed by atoms with Crippen LogP contribution < -0.4 is 15.5 Å². The van der Waals surface area contributed by atoms with E-state index in [1.165, 1.54) is 0 Å². The maximum atomic E-state index is 12.7. The van der Waals surface area contributed by atoms with Crippen molar-refractivity contribution in [2.75, 3.05) is 19.0 Å². The molecule has 2 N–H and O–H groups in total. The first-order valence-electron chi connectivity index (χ1n) is 8.90. The fourth-order valence-electron chi connectivity index (χ4n) is 2.56. The predicted octanol–water partition coefficient (Wildman–Crippen LogP) is 4.96. The van der Waals surface area contributed by atoms with Crippen LogP contribution in [-0.4, -0.2) is 24.6 Å². The van der Waals surface area contributed by atoms with Crippen molar-refractivity contribution in [2.45, 2.75) is 13.8 Å². The zero-order valence-electron chi connectivity index (χ0n) is 16.0. The summed E-state index contributed by atoms with van der Waals surface area (Å²) >= 11 is 6.25. The van der Waals surface area contributed by atoms with Crippen molar-refractivity contribution in [1.82, 2.24) is 10.5 Å². The minimum Gasteiger partial charge on any atom is -0.497 e. The van der Waals surface area contributed by atoms with Gasteiger partial charge in [0.25, 0.3) is 5.91 Å². The number of carbonyl (C=O) groups is 1. The van der Waals surface area contributed by atoms with Crippen LogP contribution in [0.1, 0.15) is 24.2 Å². The molecular weight excluding hydrogens is 378 g/mol. The van der Waals surface area contributed by atoms with E-state index in [0.717, 1.165) is 5.39 Å². The van der Waals surface area contributed by atoms with Crippen molar-refractivity contribution in [3.63, 3.8) is 0 Å². The smallest absolute Gasteiger partial charge is 0.278 e. The summed E-state index contributed by atoms with van der Waals surface area (Å²) in [7, 11) is 1.60. The van der Waals surface area contributed by atoms with Gasteiger partial charge in [0.05, 0.1) is 35.5 Å². The molecule has 1 aromatic heterocycles. The molecule has 146 valence electrons. The van der Waals surface area contributed by atoms with Crippen molar-refractivity contribution in [3.05, 3.63) is 59.1 Å². The molecule has 28 heavy (non-hydrogen) atoms. The first-order chi connectivity index (χ1) is 13.5. The zero-order chi connectivity index (χ0) is 20.1. The van der Waals surface area contributed by atoms with E-state index in [-0.39, 0.29) is 5.91 Å². The Balaban J connectivity index is 2.00. The highest BCUT2D eigenvalue weighted by Gasteiger charge is 2.16. The van der Waals surface area contributed by atoms with Crippen LogP contribution >= 0.6 is 11.6 Å². The highest BCUT2D eigenvalue weighted by atomic mass is 35.5. The second kappa shape index (κ2) is 8.91. The van der Waals surface area contributed by atoms with Gasteiger partial charge >= 0.3 is 0 Å². The van der Waals surface area contributed by atoms with Crippen molar-refractivity contribution in [2.24, 2.45) is 5.92 Å². The molecule has 0 fully saturated rings. The summed E-state index contributed by atoms with van der Waals surface area (Å²) in [6, 6.07) is 14.5. The van der Waals surface area contributed by atoms with E-state index in [1.807, 2.05) is 50.2 Å². The van der Waals surface area contributed by atoms with Crippen molar-refractivity contribution < 1.29 is 14.4 Å². The molecule has 0 radical (unpaired) electrons. The quantitative estimate of drug-likeness (QED) is 0.549. The lowest BCUT2D eigenvalue weighted by atomic mass is 10.1. The first kappa shape index (κ1) is 19.9. The predicted molar refractivity (Wildman–Crippen MR) is 111 cm³/mol. The van der Waals surface area contributed by atoms with Crippen LogP contribution in [0.3, 0.4) is 0 Å². The van der Waals surface area contributed by atoms with Crippen LogP contribution in [0.25, 0.3) is 10.9 Å². The van der Waals surface area contributed by atoms with Crippen molar-refractivity contribution >= 4 is 39.9 Å². The standard InChI is InChI=1S/C21H22ClN3O3/c1-13(2)12-28-25-21(26)16-10-14-8-9-15(27-3)11-19(14)24-20(16)23-18-7-5-4-6-17(18)22/h4-11,13H,12H2,1-3H3,(H,23,24)(H,25,26). The molecule has 3 rings (SSSR count). The molecule has 0 unspecified atom stereocenters. The van der Waals surface area contributed by atoms with Crippen LogP contribution in [0, 0.1) is 5.92 Å². The van der Waals surface area contributed by atoms with Gasteiger partial charge in [-0.3, -0.25) is 9.63 Å². The van der Waals surface area contributed by atoms with Crippen molar-refractivity contribution in [1.29, 1.82) is 0 Å². The van der Waals surface area contributed by atoms with Gasteiger partial charge in [-0.25, -0.2) is 10.5 Å². The Labute approximate surface area is 168 Å². The Morgan fingerprint density at radius 3 is 2.68 bits per heavy atom. The number of para-hydroxylation sites is 1. The SMILES string of the molecule is COc1ccc2cc(C(=O)NOCC(C)C)c(Nc3ccccc3Cl)nc2c1. The molecule has 7 heteroatoms. The Morgan fingerprint density at radius 2 is 1.96 bits per heavy atom. The molecule has 0 saturated carbocycles. The molecular formula is C21H22ClN3O3. The summed E-state index contributed by atoms with van der Waals surface area (Å²) in [4.78, 5) is 22.6. The Morgan fingerprint density at radius 1 is 1.18 bits per heavy atom. The topological polar surface area (TPSA) is 72.5 Å². The minimum absolute atomic E-state index is 0.295.